The number of hydrogen-bond acceptors (Lipinski definition) is 12. The van der Waals surface area contributed by atoms with Gasteiger partial charge in [0.25, 0.3) is 0 Å². The van der Waals surface area contributed by atoms with E-state index in [2.05, 4.69) is 268 Å². The van der Waals surface area contributed by atoms with E-state index in [1.165, 1.54) is 103 Å². The Kier molecular flexibility index (Phi) is 21.4. The van der Waals surface area contributed by atoms with Crippen LogP contribution >= 0.6 is 0 Å². The fraction of sp³-hybridized carbons (Fsp3) is 0.478. The van der Waals surface area contributed by atoms with Gasteiger partial charge in [0.2, 0.25) is 0 Å². The Morgan fingerprint density at radius 3 is 0.543 bits per heavy atom. The quantitative estimate of drug-likeness (QED) is 0.0438. The van der Waals surface area contributed by atoms with E-state index in [1.54, 1.807) is 0 Å². The molecule has 0 amide bonds. The summed E-state index contributed by atoms with van der Waals surface area (Å²) in [6, 6.07) is 75.3. The van der Waals surface area contributed by atoms with Crippen molar-refractivity contribution in [2.75, 3.05) is 0 Å². The summed E-state index contributed by atoms with van der Waals surface area (Å²) in [5, 5.41) is 33.8. The molecule has 17 rings (SSSR count). The van der Waals surface area contributed by atoms with Crippen LogP contribution in [0.3, 0.4) is 0 Å². The van der Waals surface area contributed by atoms with E-state index >= 15 is 0 Å². The van der Waals surface area contributed by atoms with Crippen LogP contribution in [0.15, 0.2) is 218 Å². The molecule has 8 aromatic rings. The molecule has 5 saturated heterocycles. The first kappa shape index (κ1) is 72.7. The fourth-order valence-corrected chi connectivity index (χ4v) is 27.9. The molecule has 553 valence electrons. The number of fused-ring (bicyclic) bond motifs is 20. The molecule has 1 radical (unpaired) electrons. The molecule has 8 N–H and O–H groups in total. The van der Waals surface area contributed by atoms with Crippen molar-refractivity contribution >= 4 is 22.0 Å². The second-order valence-electron chi connectivity index (χ2n) is 34.4. The van der Waals surface area contributed by atoms with Crippen LogP contribution in [0.1, 0.15) is 203 Å². The molecule has 5 aliphatic heterocycles. The molecule has 9 aliphatic rings. The molecule has 12 nitrogen and oxygen atoms in total. The van der Waals surface area contributed by atoms with Gasteiger partial charge in [-0.05, 0) is 98.7 Å². The number of rotatable bonds is 16. The predicted molar refractivity (Wildman–Crippen MR) is 425 cm³/mol. The summed E-state index contributed by atoms with van der Waals surface area (Å²) in [5.41, 5.74) is 6.68. The van der Waals surface area contributed by atoms with Gasteiger partial charge >= 0.3 is 396 Å². The normalized spacial score (nSPS) is 29.6. The van der Waals surface area contributed by atoms with Crippen LogP contribution in [0.5, 0.6) is 23.0 Å². The van der Waals surface area contributed by atoms with Crippen LogP contribution in [-0.4, -0.2) is 71.4 Å². The molecule has 105 heavy (non-hydrogen) atoms. The van der Waals surface area contributed by atoms with Crippen LogP contribution in [0, 0.1) is 47.3 Å². The first-order chi connectivity index (χ1) is 51.0. The van der Waals surface area contributed by atoms with Gasteiger partial charge in [0, 0.05) is 0 Å². The van der Waals surface area contributed by atoms with Crippen molar-refractivity contribution in [3.8, 4) is 23.0 Å². The van der Waals surface area contributed by atoms with Crippen LogP contribution in [0.2, 0.25) is 0 Å². The molecule has 0 spiro atoms. The van der Waals surface area contributed by atoms with E-state index in [0.29, 0.717) is 72.3 Å². The van der Waals surface area contributed by atoms with Gasteiger partial charge in [-0.3, -0.25) is 42.5 Å². The molecule has 8 aromatic carbocycles. The van der Waals surface area contributed by atoms with Crippen LogP contribution in [0.4, 0.5) is 0 Å². The van der Waals surface area contributed by atoms with Gasteiger partial charge in [0.05, 0.1) is 49.3 Å². The van der Waals surface area contributed by atoms with Gasteiger partial charge in [-0.2, -0.15) is 0 Å². The Labute approximate surface area is 633 Å². The summed E-state index contributed by atoms with van der Waals surface area (Å²) >= 11 is -5.89. The van der Waals surface area contributed by atoms with Gasteiger partial charge in [-0.25, -0.2) is 0 Å². The molecule has 4 aliphatic carbocycles. The SMILES string of the molecule is C1CCC2C3NC(NC4NC(NC5NC(NC6NC(N3)C3CCCCC63)C3CCCCC53)C3CCCCC43)C2C1.CC(C)(c1ccccc1)c1ccccc1[O][Bi]([O]c1ccccc1C(C)(C)c1ccccc1)([O]c1ccccc1C(C)(C)c1ccccc1)[O]c1ccccc1C(C)(C)c1ccccc1. The standard InChI is InChI=1S/C32H56N8.4C15H16O.Bi/c1-2-10-18-17(9-1)25-33-26(18)38-28-21-13-5-6-14-22(21)30(35-28)40-32-24-16-8-7-15-23(24)31(36-32)39-29-20-12-4-3-11-19(20)27(34-29)37-25;4*1-15(2,12-8-4-3-5-9-12)13-10-6-7-11-14(13)16;/h17-40H,1-16H2;4*3-11,16H,1-2H3;/q;;;;;+4/p-4. The molecule has 8 bridgehead atoms. The molecule has 4 saturated carbocycles. The Morgan fingerprint density at radius 2 is 0.371 bits per heavy atom. The summed E-state index contributed by atoms with van der Waals surface area (Å²) in [4.78, 5) is 0. The molecule has 8 unspecified atom stereocenters. The van der Waals surface area contributed by atoms with Gasteiger partial charge < -0.3 is 0 Å². The van der Waals surface area contributed by atoms with Crippen LogP contribution < -0.4 is 53.8 Å². The van der Waals surface area contributed by atoms with E-state index in [1.807, 2.05) is 48.5 Å². The Balaban J connectivity index is 0.000000179. The second kappa shape index (κ2) is 30.9. The number of para-hydroxylation sites is 4. The molecular weight excluding hydrogens is 1490 g/mol. The van der Waals surface area contributed by atoms with Crippen molar-refractivity contribution in [3.05, 3.63) is 263 Å². The van der Waals surface area contributed by atoms with E-state index in [-0.39, 0.29) is 0 Å². The topological polar surface area (TPSA) is 133 Å². The summed E-state index contributed by atoms with van der Waals surface area (Å²) in [5.74, 6) is 8.52. The van der Waals surface area contributed by atoms with Crippen molar-refractivity contribution in [1.82, 2.24) is 42.5 Å². The zero-order valence-corrected chi connectivity index (χ0v) is 66.9. The molecule has 9 fully saturated rings. The Morgan fingerprint density at radius 1 is 0.219 bits per heavy atom. The molecule has 13 heteroatoms. The molecular formula is C92H116BiN8O4. The summed E-state index contributed by atoms with van der Waals surface area (Å²) < 4.78 is 30.9. The van der Waals surface area contributed by atoms with E-state index in [4.69, 9.17) is 11.3 Å². The third kappa shape index (κ3) is 14.8. The van der Waals surface area contributed by atoms with E-state index < -0.39 is 43.7 Å². The average Bonchev–Trinajstić information content (AvgIpc) is 1.54. The van der Waals surface area contributed by atoms with Crippen LogP contribution in [-0.2, 0) is 21.7 Å². The molecule has 0 aromatic heterocycles. The van der Waals surface area contributed by atoms with Crippen molar-refractivity contribution in [2.45, 2.75) is 229 Å². The van der Waals surface area contributed by atoms with E-state index in [0.717, 1.165) is 91.9 Å². The van der Waals surface area contributed by atoms with Crippen molar-refractivity contribution in [1.29, 1.82) is 0 Å². The minimum absolute atomic E-state index is 0.420. The number of hydrogen-bond donors (Lipinski definition) is 8. The van der Waals surface area contributed by atoms with Gasteiger partial charge in [-0.15, -0.1) is 0 Å². The summed E-state index contributed by atoms with van der Waals surface area (Å²) in [6.07, 6.45) is 25.6. The monoisotopic (exact) mass is 1610 g/mol. The van der Waals surface area contributed by atoms with E-state index in [9.17, 15) is 0 Å². The number of benzene rings is 8. The number of nitrogens with one attached hydrogen (secondary N) is 8. The maximum absolute atomic E-state index is 7.72. The predicted octanol–water partition coefficient (Wildman–Crippen LogP) is 17.6. The third-order valence-corrected chi connectivity index (χ3v) is 33.4. The minimum atomic E-state index is -5.89. The maximum atomic E-state index is 7.72. The fourth-order valence-electron chi connectivity index (χ4n) is 20.9. The third-order valence-electron chi connectivity index (χ3n) is 26.9. The molecule has 8 atom stereocenters. The van der Waals surface area contributed by atoms with Gasteiger partial charge in [0.1, 0.15) is 0 Å². The second-order valence-corrected chi connectivity index (χ2v) is 40.7. The van der Waals surface area contributed by atoms with Crippen LogP contribution in [0.25, 0.3) is 0 Å². The summed E-state index contributed by atoms with van der Waals surface area (Å²) in [6.45, 7) is 17.9. The first-order valence-electron chi connectivity index (χ1n) is 40.4. The molecule has 5 heterocycles. The zero-order valence-electron chi connectivity index (χ0n) is 63.4. The van der Waals surface area contributed by atoms with Gasteiger partial charge in [-0.1, -0.05) is 51.4 Å². The Bertz CT molecular complexity index is 3600. The zero-order chi connectivity index (χ0) is 71.9. The van der Waals surface area contributed by atoms with Crippen molar-refractivity contribution in [2.24, 2.45) is 47.3 Å². The average molecular weight is 1610 g/mol. The summed E-state index contributed by atoms with van der Waals surface area (Å²) in [7, 11) is 0. The Hall–Kier alpha value is -6.48. The first-order valence-corrected chi connectivity index (χ1v) is 46.1. The van der Waals surface area contributed by atoms with Crippen molar-refractivity contribution < 1.29 is 11.3 Å². The van der Waals surface area contributed by atoms with Crippen molar-refractivity contribution in [3.63, 3.8) is 0 Å². The van der Waals surface area contributed by atoms with Gasteiger partial charge in [0.15, 0.2) is 0 Å².